The fraction of sp³-hybridized carbons (Fsp3) is 0.606. The molecule has 0 aromatic heterocycles. The van der Waals surface area contributed by atoms with E-state index in [1.165, 1.54) is 25.0 Å². The minimum absolute atomic E-state index is 0.0981. The minimum Gasteiger partial charge on any atom is -0.491 e. The maximum atomic E-state index is 15.1. The summed E-state index contributed by atoms with van der Waals surface area (Å²) >= 11 is 0. The maximum absolute atomic E-state index is 15.1. The number of halogens is 3. The van der Waals surface area contributed by atoms with Gasteiger partial charge in [0.1, 0.15) is 6.10 Å². The van der Waals surface area contributed by atoms with Crippen LogP contribution in [-0.4, -0.2) is 18.7 Å². The van der Waals surface area contributed by atoms with Crippen LogP contribution in [0.5, 0.6) is 5.75 Å². The van der Waals surface area contributed by atoms with Gasteiger partial charge in [0, 0.05) is 0 Å². The first kappa shape index (κ1) is 29.5. The van der Waals surface area contributed by atoms with Gasteiger partial charge in [-0.3, -0.25) is 0 Å². The Bertz CT molecular complexity index is 1090. The summed E-state index contributed by atoms with van der Waals surface area (Å²) in [6, 6.07) is 7.71. The average molecular weight is 545 g/mol. The number of carbonyl (C=O) groups is 1. The number of hydrogen-bond donors (Lipinski definition) is 0. The van der Waals surface area contributed by atoms with Crippen molar-refractivity contribution in [3.05, 3.63) is 64.5 Å². The van der Waals surface area contributed by atoms with Gasteiger partial charge in [0.2, 0.25) is 0 Å². The Labute approximate surface area is 231 Å². The van der Waals surface area contributed by atoms with Crippen LogP contribution in [0.3, 0.4) is 0 Å². The van der Waals surface area contributed by atoms with Gasteiger partial charge < -0.3 is 9.47 Å². The van der Waals surface area contributed by atoms with E-state index in [1.54, 1.807) is 12.1 Å². The van der Waals surface area contributed by atoms with E-state index in [0.717, 1.165) is 51.0 Å². The van der Waals surface area contributed by atoms with E-state index in [4.69, 9.17) is 9.47 Å². The summed E-state index contributed by atoms with van der Waals surface area (Å²) in [6.45, 7) is 4.81. The van der Waals surface area contributed by atoms with Gasteiger partial charge in [-0.25, -0.2) is 18.0 Å². The van der Waals surface area contributed by atoms with E-state index in [-0.39, 0.29) is 29.3 Å². The summed E-state index contributed by atoms with van der Waals surface area (Å²) < 4.78 is 55.8. The molecule has 2 aromatic carbocycles. The highest BCUT2D eigenvalue weighted by molar-refractivity contribution is 5.89. The molecule has 0 atom stereocenters. The normalized spacial score (nSPS) is 23.4. The lowest BCUT2D eigenvalue weighted by Crippen LogP contribution is -2.24. The van der Waals surface area contributed by atoms with Crippen LogP contribution in [0.4, 0.5) is 13.2 Å². The Morgan fingerprint density at radius 2 is 1.38 bits per heavy atom. The summed E-state index contributed by atoms with van der Waals surface area (Å²) in [5.41, 5.74) is 1.08. The summed E-state index contributed by atoms with van der Waals surface area (Å²) in [4.78, 5) is 12.7. The molecule has 214 valence electrons. The van der Waals surface area contributed by atoms with Crippen molar-refractivity contribution in [1.82, 2.24) is 0 Å². The highest BCUT2D eigenvalue weighted by Crippen LogP contribution is 2.41. The van der Waals surface area contributed by atoms with Gasteiger partial charge in [-0.15, -0.1) is 0 Å². The molecule has 3 nitrogen and oxygen atoms in total. The van der Waals surface area contributed by atoms with Gasteiger partial charge in [0.05, 0.1) is 12.2 Å². The van der Waals surface area contributed by atoms with E-state index < -0.39 is 23.4 Å². The smallest absolute Gasteiger partial charge is 0.338 e. The van der Waals surface area contributed by atoms with Crippen LogP contribution in [0.1, 0.15) is 131 Å². The predicted octanol–water partition coefficient (Wildman–Crippen LogP) is 9.63. The standard InChI is InChI=1S/C33H43F3O3/c1-3-4-5-6-7-20-38-30-19-14-25(21-29(30)34)33(37)39-26-15-12-24(13-16-26)28-18-17-27(31(35)32(28)36)23-10-8-22(2)9-11-23/h14,17-19,21-24,26H,3-13,15-16,20H2,1-2H3. The predicted molar refractivity (Wildman–Crippen MR) is 148 cm³/mol. The van der Waals surface area contributed by atoms with E-state index in [9.17, 15) is 9.18 Å². The number of carbonyl (C=O) groups excluding carboxylic acids is 1. The van der Waals surface area contributed by atoms with Gasteiger partial charge in [0.25, 0.3) is 0 Å². The maximum Gasteiger partial charge on any atom is 0.338 e. The van der Waals surface area contributed by atoms with Crippen LogP contribution in [-0.2, 0) is 4.74 Å². The topological polar surface area (TPSA) is 35.5 Å². The van der Waals surface area contributed by atoms with E-state index in [0.29, 0.717) is 49.3 Å². The second-order valence-corrected chi connectivity index (χ2v) is 11.6. The lowest BCUT2D eigenvalue weighted by Gasteiger charge is -2.30. The molecule has 0 saturated heterocycles. The van der Waals surface area contributed by atoms with Crippen molar-refractivity contribution in [3.8, 4) is 5.75 Å². The van der Waals surface area contributed by atoms with E-state index in [1.807, 2.05) is 0 Å². The van der Waals surface area contributed by atoms with E-state index in [2.05, 4.69) is 13.8 Å². The zero-order valence-electron chi connectivity index (χ0n) is 23.5. The zero-order chi connectivity index (χ0) is 27.8. The molecule has 2 aliphatic rings. The van der Waals surface area contributed by atoms with Crippen LogP contribution in [0.2, 0.25) is 0 Å². The summed E-state index contributed by atoms with van der Waals surface area (Å²) in [5.74, 6) is -1.78. The van der Waals surface area contributed by atoms with Crippen molar-refractivity contribution in [2.45, 2.75) is 115 Å². The summed E-state index contributed by atoms with van der Waals surface area (Å²) in [6.07, 6.45) is 11.3. The number of benzene rings is 2. The Balaban J connectivity index is 1.26. The molecule has 2 saturated carbocycles. The highest BCUT2D eigenvalue weighted by Gasteiger charge is 2.30. The third kappa shape index (κ3) is 7.79. The second-order valence-electron chi connectivity index (χ2n) is 11.6. The van der Waals surface area contributed by atoms with Crippen LogP contribution in [0, 0.1) is 23.4 Å². The molecule has 2 aliphatic carbocycles. The summed E-state index contributed by atoms with van der Waals surface area (Å²) in [5, 5.41) is 0. The second kappa shape index (κ2) is 14.2. The molecule has 0 aliphatic heterocycles. The molecule has 4 rings (SSSR count). The Kier molecular flexibility index (Phi) is 10.8. The van der Waals surface area contributed by atoms with Gasteiger partial charge in [-0.05, 0) is 92.0 Å². The highest BCUT2D eigenvalue weighted by atomic mass is 19.2. The molecular formula is C33H43F3O3. The fourth-order valence-corrected chi connectivity index (χ4v) is 6.12. The number of esters is 1. The number of unbranched alkanes of at least 4 members (excludes halogenated alkanes) is 4. The molecule has 0 heterocycles. The quantitative estimate of drug-likeness (QED) is 0.209. The summed E-state index contributed by atoms with van der Waals surface area (Å²) in [7, 11) is 0. The van der Waals surface area contributed by atoms with Crippen LogP contribution < -0.4 is 4.74 Å². The molecule has 39 heavy (non-hydrogen) atoms. The van der Waals surface area contributed by atoms with Crippen LogP contribution in [0.15, 0.2) is 30.3 Å². The van der Waals surface area contributed by atoms with Gasteiger partial charge in [0.15, 0.2) is 23.2 Å². The fourth-order valence-electron chi connectivity index (χ4n) is 6.12. The molecule has 6 heteroatoms. The number of ether oxygens (including phenoxy) is 2. The minimum atomic E-state index is -0.717. The largest absolute Gasteiger partial charge is 0.491 e. The molecular weight excluding hydrogens is 501 g/mol. The van der Waals surface area contributed by atoms with Crippen molar-refractivity contribution in [1.29, 1.82) is 0 Å². The molecule has 2 fully saturated rings. The molecule has 0 bridgehead atoms. The molecule has 0 N–H and O–H groups in total. The van der Waals surface area contributed by atoms with Gasteiger partial charge in [-0.2, -0.15) is 0 Å². The third-order valence-electron chi connectivity index (χ3n) is 8.66. The number of rotatable bonds is 11. The molecule has 0 radical (unpaired) electrons. The van der Waals surface area contributed by atoms with Crippen LogP contribution >= 0.6 is 0 Å². The lowest BCUT2D eigenvalue weighted by atomic mass is 9.77. The zero-order valence-corrected chi connectivity index (χ0v) is 23.5. The van der Waals surface area contributed by atoms with Crippen molar-refractivity contribution in [2.24, 2.45) is 5.92 Å². The molecule has 0 spiro atoms. The van der Waals surface area contributed by atoms with E-state index >= 15 is 8.78 Å². The van der Waals surface area contributed by atoms with Crippen molar-refractivity contribution in [2.75, 3.05) is 6.61 Å². The lowest BCUT2D eigenvalue weighted by molar-refractivity contribution is 0.0193. The monoisotopic (exact) mass is 544 g/mol. The van der Waals surface area contributed by atoms with Crippen molar-refractivity contribution < 1.29 is 27.4 Å². The first-order valence-corrected chi connectivity index (χ1v) is 15.0. The Morgan fingerprint density at radius 3 is 1.97 bits per heavy atom. The van der Waals surface area contributed by atoms with Gasteiger partial charge in [-0.1, -0.05) is 64.5 Å². The van der Waals surface area contributed by atoms with Gasteiger partial charge >= 0.3 is 5.97 Å². The first-order valence-electron chi connectivity index (χ1n) is 15.0. The Hall–Kier alpha value is -2.50. The molecule has 0 unspecified atom stereocenters. The average Bonchev–Trinajstić information content (AvgIpc) is 2.94. The van der Waals surface area contributed by atoms with Crippen molar-refractivity contribution in [3.63, 3.8) is 0 Å². The SMILES string of the molecule is CCCCCCCOc1ccc(C(=O)OC2CCC(c3ccc(C4CCC(C)CC4)c(F)c3F)CC2)cc1F. The molecule has 2 aromatic rings. The van der Waals surface area contributed by atoms with Crippen LogP contribution in [0.25, 0.3) is 0 Å². The number of hydrogen-bond acceptors (Lipinski definition) is 3. The molecule has 0 amide bonds. The first-order chi connectivity index (χ1) is 18.9. The third-order valence-corrected chi connectivity index (χ3v) is 8.66. The Morgan fingerprint density at radius 1 is 0.795 bits per heavy atom. The van der Waals surface area contributed by atoms with Crippen molar-refractivity contribution >= 4 is 5.97 Å².